The average molecular weight is 431 g/mol. The van der Waals surface area contributed by atoms with Crippen LogP contribution in [0.1, 0.15) is 24.5 Å². The maximum absolute atomic E-state index is 13.3. The fourth-order valence-electron chi connectivity index (χ4n) is 3.65. The van der Waals surface area contributed by atoms with E-state index in [4.69, 9.17) is 0 Å². The molecule has 0 atom stereocenters. The van der Waals surface area contributed by atoms with Crippen molar-refractivity contribution in [3.63, 3.8) is 0 Å². The highest BCUT2D eigenvalue weighted by molar-refractivity contribution is 5.76. The Kier molecular flexibility index (Phi) is 6.30. The van der Waals surface area contributed by atoms with E-state index in [1.165, 1.54) is 4.57 Å². The lowest BCUT2D eigenvalue weighted by Crippen LogP contribution is -2.44. The molecule has 32 heavy (non-hydrogen) atoms. The Labute approximate surface area is 184 Å². The van der Waals surface area contributed by atoms with Gasteiger partial charge in [0.05, 0.1) is 12.9 Å². The second kappa shape index (κ2) is 9.47. The molecule has 8 nitrogen and oxygen atoms in total. The Hall–Kier alpha value is -3.94. The van der Waals surface area contributed by atoms with Gasteiger partial charge in [-0.3, -0.25) is 14.2 Å². The summed E-state index contributed by atoms with van der Waals surface area (Å²) < 4.78 is 4.19. The van der Waals surface area contributed by atoms with Crippen molar-refractivity contribution in [1.29, 1.82) is 0 Å². The second-order valence-corrected chi connectivity index (χ2v) is 7.63. The van der Waals surface area contributed by atoms with Crippen molar-refractivity contribution >= 4 is 17.1 Å². The van der Waals surface area contributed by atoms with Gasteiger partial charge in [0.2, 0.25) is 5.91 Å². The number of carbonyl (C=O) groups excluding carboxylic acids is 1. The Morgan fingerprint density at radius 2 is 1.53 bits per heavy atom. The van der Waals surface area contributed by atoms with Crippen LogP contribution in [0.5, 0.6) is 0 Å². The summed E-state index contributed by atoms with van der Waals surface area (Å²) in [6.45, 7) is 2.76. The van der Waals surface area contributed by atoms with Gasteiger partial charge in [-0.15, -0.1) is 0 Å². The molecule has 0 aliphatic carbocycles. The first-order valence-corrected chi connectivity index (χ1v) is 10.6. The molecule has 1 N–H and O–H groups in total. The number of benzene rings is 2. The van der Waals surface area contributed by atoms with Crippen LogP contribution in [0.15, 0.2) is 76.6 Å². The fourth-order valence-corrected chi connectivity index (χ4v) is 3.65. The van der Waals surface area contributed by atoms with Crippen LogP contribution in [-0.2, 0) is 24.4 Å². The first-order valence-electron chi connectivity index (χ1n) is 10.6. The summed E-state index contributed by atoms with van der Waals surface area (Å²) in [5.74, 6) is -0.370. The molecule has 0 aliphatic heterocycles. The molecule has 0 radical (unpaired) electrons. The van der Waals surface area contributed by atoms with Gasteiger partial charge in [0.1, 0.15) is 6.54 Å². The van der Waals surface area contributed by atoms with Gasteiger partial charge >= 0.3 is 5.69 Å². The third-order valence-electron chi connectivity index (χ3n) is 5.24. The van der Waals surface area contributed by atoms with Crippen molar-refractivity contribution in [2.24, 2.45) is 0 Å². The Morgan fingerprint density at radius 3 is 2.16 bits per heavy atom. The molecule has 8 heteroatoms. The quantitative estimate of drug-likeness (QED) is 0.462. The zero-order valence-electron chi connectivity index (χ0n) is 17.9. The lowest BCUT2D eigenvalue weighted by molar-refractivity contribution is -0.121. The number of nitrogens with one attached hydrogen (secondary N) is 1. The highest BCUT2D eigenvalue weighted by atomic mass is 16.2. The summed E-state index contributed by atoms with van der Waals surface area (Å²) in [4.78, 5) is 43.4. The third-order valence-corrected chi connectivity index (χ3v) is 5.24. The van der Waals surface area contributed by atoms with E-state index in [0.29, 0.717) is 24.3 Å². The molecule has 0 saturated heterocycles. The van der Waals surface area contributed by atoms with Crippen LogP contribution in [0.2, 0.25) is 0 Å². The number of nitrogens with zero attached hydrogens (tertiary/aromatic N) is 4. The molecule has 4 aromatic rings. The summed E-state index contributed by atoms with van der Waals surface area (Å²) >= 11 is 0. The second-order valence-electron chi connectivity index (χ2n) is 7.63. The molecule has 0 spiro atoms. The molecule has 1 amide bonds. The fraction of sp³-hybridized carbons (Fsp3) is 0.250. The van der Waals surface area contributed by atoms with Gasteiger partial charge < -0.3 is 9.88 Å². The van der Waals surface area contributed by atoms with Crippen molar-refractivity contribution in [3.8, 4) is 0 Å². The van der Waals surface area contributed by atoms with Crippen LogP contribution < -0.4 is 16.6 Å². The minimum absolute atomic E-state index is 0.245. The van der Waals surface area contributed by atoms with E-state index < -0.39 is 11.2 Å². The van der Waals surface area contributed by atoms with Crippen LogP contribution in [0.25, 0.3) is 11.2 Å². The first-order chi connectivity index (χ1) is 15.6. The van der Waals surface area contributed by atoms with Gasteiger partial charge in [0, 0.05) is 13.1 Å². The lowest BCUT2D eigenvalue weighted by Gasteiger charge is -2.13. The summed E-state index contributed by atoms with van der Waals surface area (Å²) in [6, 6.07) is 19.2. The van der Waals surface area contributed by atoms with E-state index in [2.05, 4.69) is 10.3 Å². The molecule has 2 heterocycles. The Bertz CT molecular complexity index is 1340. The van der Waals surface area contributed by atoms with Crippen LogP contribution in [0.4, 0.5) is 0 Å². The van der Waals surface area contributed by atoms with E-state index in [0.717, 1.165) is 22.1 Å². The van der Waals surface area contributed by atoms with Gasteiger partial charge in [0.25, 0.3) is 5.56 Å². The first kappa shape index (κ1) is 21.3. The van der Waals surface area contributed by atoms with Crippen LogP contribution in [0.3, 0.4) is 0 Å². The van der Waals surface area contributed by atoms with Gasteiger partial charge in [0.15, 0.2) is 11.2 Å². The Balaban J connectivity index is 1.85. The van der Waals surface area contributed by atoms with E-state index in [-0.39, 0.29) is 19.0 Å². The van der Waals surface area contributed by atoms with E-state index in [1.807, 2.05) is 67.6 Å². The number of aromatic nitrogens is 4. The highest BCUT2D eigenvalue weighted by Gasteiger charge is 2.20. The lowest BCUT2D eigenvalue weighted by atomic mass is 10.2. The maximum atomic E-state index is 13.3. The number of fused-ring (bicyclic) bond motifs is 1. The van der Waals surface area contributed by atoms with Crippen molar-refractivity contribution in [2.45, 2.75) is 33.0 Å². The van der Waals surface area contributed by atoms with Gasteiger partial charge in [-0.25, -0.2) is 14.3 Å². The molecule has 2 aromatic heterocycles. The molecule has 2 aromatic carbocycles. The minimum atomic E-state index is -0.553. The highest BCUT2D eigenvalue weighted by Crippen LogP contribution is 2.12. The standard InChI is InChI=1S/C24H25N5O3/c1-2-13-25-20(30)16-29-23(31)21-22(26-17-27(21)14-18-9-5-3-6-10-18)28(24(29)32)15-19-11-7-4-8-12-19/h3-12,17H,2,13-16H2,1H3,(H,25,30). The van der Waals surface area contributed by atoms with E-state index in [9.17, 15) is 14.4 Å². The summed E-state index contributed by atoms with van der Waals surface area (Å²) in [7, 11) is 0. The van der Waals surface area contributed by atoms with E-state index >= 15 is 0 Å². The van der Waals surface area contributed by atoms with Crippen molar-refractivity contribution in [1.82, 2.24) is 24.0 Å². The molecule has 0 fully saturated rings. The zero-order valence-corrected chi connectivity index (χ0v) is 17.9. The van der Waals surface area contributed by atoms with Crippen molar-refractivity contribution in [3.05, 3.63) is 99.0 Å². The minimum Gasteiger partial charge on any atom is -0.355 e. The third kappa shape index (κ3) is 4.39. The summed E-state index contributed by atoms with van der Waals surface area (Å²) in [5, 5.41) is 2.73. The maximum Gasteiger partial charge on any atom is 0.333 e. The number of rotatable bonds is 8. The van der Waals surface area contributed by atoms with Crippen LogP contribution in [0, 0.1) is 0 Å². The molecule has 164 valence electrons. The zero-order chi connectivity index (χ0) is 22.5. The smallest absolute Gasteiger partial charge is 0.333 e. The molecule has 0 saturated carbocycles. The SMILES string of the molecule is CCCNC(=O)Cn1c(=O)c2c(ncn2Cc2ccccc2)n(Cc2ccccc2)c1=O. The van der Waals surface area contributed by atoms with Gasteiger partial charge in [-0.1, -0.05) is 67.6 Å². The number of hydrogen-bond donors (Lipinski definition) is 1. The van der Waals surface area contributed by atoms with Crippen molar-refractivity contribution < 1.29 is 4.79 Å². The van der Waals surface area contributed by atoms with Gasteiger partial charge in [-0.2, -0.15) is 0 Å². The molecule has 0 unspecified atom stereocenters. The number of carbonyl (C=O) groups is 1. The summed E-state index contributed by atoms with van der Waals surface area (Å²) in [6.07, 6.45) is 2.34. The predicted molar refractivity (Wildman–Crippen MR) is 123 cm³/mol. The molecular weight excluding hydrogens is 406 g/mol. The number of amides is 1. The van der Waals surface area contributed by atoms with Gasteiger partial charge in [-0.05, 0) is 17.5 Å². The average Bonchev–Trinajstić information content (AvgIpc) is 3.23. The largest absolute Gasteiger partial charge is 0.355 e. The topological polar surface area (TPSA) is 90.9 Å². The van der Waals surface area contributed by atoms with Crippen LogP contribution >= 0.6 is 0 Å². The Morgan fingerprint density at radius 1 is 0.906 bits per heavy atom. The van der Waals surface area contributed by atoms with Crippen molar-refractivity contribution in [2.75, 3.05) is 6.54 Å². The molecule has 4 rings (SSSR count). The monoisotopic (exact) mass is 431 g/mol. The number of hydrogen-bond acceptors (Lipinski definition) is 4. The molecular formula is C24H25N5O3. The predicted octanol–water partition coefficient (Wildman–Crippen LogP) is 1.98. The summed E-state index contributed by atoms with van der Waals surface area (Å²) in [5.41, 5.74) is 1.43. The molecule has 0 bridgehead atoms. The normalized spacial score (nSPS) is 11.0. The molecule has 0 aliphatic rings. The van der Waals surface area contributed by atoms with Crippen LogP contribution in [-0.4, -0.2) is 31.1 Å². The number of imidazole rings is 1. The van der Waals surface area contributed by atoms with E-state index in [1.54, 1.807) is 10.9 Å².